The Bertz CT molecular complexity index is 447. The number of hydrogen-bond acceptors (Lipinski definition) is 3. The lowest BCUT2D eigenvalue weighted by Gasteiger charge is -2.22. The van der Waals surface area contributed by atoms with Crippen LogP contribution in [0.3, 0.4) is 0 Å². The lowest BCUT2D eigenvalue weighted by molar-refractivity contribution is 0.336. The summed E-state index contributed by atoms with van der Waals surface area (Å²) in [6.07, 6.45) is 1.28. The van der Waals surface area contributed by atoms with Crippen LogP contribution in [0.2, 0.25) is 0 Å². The van der Waals surface area contributed by atoms with Gasteiger partial charge in [-0.25, -0.2) is 8.42 Å². The van der Waals surface area contributed by atoms with Crippen LogP contribution in [0.4, 0.5) is 0 Å². The third-order valence-electron chi connectivity index (χ3n) is 2.83. The molecule has 3 nitrogen and oxygen atoms in total. The van der Waals surface area contributed by atoms with Crippen LogP contribution >= 0.6 is 15.9 Å². The first kappa shape index (κ1) is 15.7. The van der Waals surface area contributed by atoms with Crippen LogP contribution < -0.4 is 0 Å². The third-order valence-corrected chi connectivity index (χ3v) is 4.54. The Balaban J connectivity index is 2.54. The molecule has 0 aliphatic carbocycles. The molecule has 1 rings (SSSR count). The number of rotatable bonds is 7. The molecule has 0 heterocycles. The fourth-order valence-electron chi connectivity index (χ4n) is 1.76. The molecule has 0 aliphatic rings. The third kappa shape index (κ3) is 5.98. The molecule has 0 fully saturated rings. The largest absolute Gasteiger partial charge is 0.305 e. The van der Waals surface area contributed by atoms with Crippen LogP contribution in [-0.2, 0) is 9.84 Å². The smallest absolute Gasteiger partial charge is 0.148 e. The van der Waals surface area contributed by atoms with Gasteiger partial charge in [0, 0.05) is 30.6 Å². The number of sulfone groups is 1. The summed E-state index contributed by atoms with van der Waals surface area (Å²) in [7, 11) is -0.918. The Kier molecular flexibility index (Phi) is 6.32. The van der Waals surface area contributed by atoms with Crippen molar-refractivity contribution >= 4 is 25.8 Å². The molecule has 0 N–H and O–H groups in total. The molecule has 1 atom stereocenters. The molecule has 0 bridgehead atoms. The van der Waals surface area contributed by atoms with E-state index < -0.39 is 9.84 Å². The van der Waals surface area contributed by atoms with Crippen LogP contribution in [0.25, 0.3) is 0 Å². The molecule has 1 unspecified atom stereocenters. The van der Waals surface area contributed by atoms with Crippen LogP contribution in [0.1, 0.15) is 11.5 Å². The summed E-state index contributed by atoms with van der Waals surface area (Å²) < 4.78 is 22.3. The Labute approximate surface area is 118 Å². The molecule has 0 saturated heterocycles. The highest BCUT2D eigenvalue weighted by atomic mass is 79.9. The Morgan fingerprint density at radius 2 is 1.89 bits per heavy atom. The molecular formula is C13H20BrNO2S. The first-order chi connectivity index (χ1) is 8.42. The fourth-order valence-corrected chi connectivity index (χ4v) is 2.98. The van der Waals surface area contributed by atoms with E-state index in [1.54, 1.807) is 0 Å². The maximum absolute atomic E-state index is 11.1. The van der Waals surface area contributed by atoms with Crippen molar-refractivity contribution in [2.45, 2.75) is 5.92 Å². The predicted octanol–water partition coefficient (Wildman–Crippen LogP) is 2.14. The number of likely N-dealkylation sites (N-methyl/N-ethyl adjacent to an activating group) is 1. The maximum Gasteiger partial charge on any atom is 0.148 e. The molecule has 1 aromatic rings. The van der Waals surface area contributed by atoms with Gasteiger partial charge in [0.05, 0.1) is 5.75 Å². The van der Waals surface area contributed by atoms with Crippen LogP contribution in [0.15, 0.2) is 30.3 Å². The lowest BCUT2D eigenvalue weighted by atomic mass is 10.0. The van der Waals surface area contributed by atoms with Gasteiger partial charge in [0.15, 0.2) is 0 Å². The highest BCUT2D eigenvalue weighted by molar-refractivity contribution is 9.09. The summed E-state index contributed by atoms with van der Waals surface area (Å²) in [6, 6.07) is 10.3. The maximum atomic E-state index is 11.1. The van der Waals surface area contributed by atoms with E-state index in [1.807, 2.05) is 25.2 Å². The van der Waals surface area contributed by atoms with Gasteiger partial charge in [-0.05, 0) is 12.6 Å². The van der Waals surface area contributed by atoms with E-state index in [0.717, 1.165) is 11.9 Å². The van der Waals surface area contributed by atoms with Gasteiger partial charge in [-0.2, -0.15) is 0 Å². The van der Waals surface area contributed by atoms with Crippen molar-refractivity contribution in [1.82, 2.24) is 4.90 Å². The molecule has 102 valence electrons. The number of halogens is 1. The molecule has 0 aliphatic heterocycles. The van der Waals surface area contributed by atoms with Crippen LogP contribution in [0.5, 0.6) is 0 Å². The standard InChI is InChI=1S/C13H20BrNO2S/c1-15(8-9-18(2,16)17)11-13(10-14)12-6-4-3-5-7-12/h3-7,13H,8-11H2,1-2H3. The SMILES string of the molecule is CN(CCS(C)(=O)=O)CC(CBr)c1ccccc1. The summed E-state index contributed by atoms with van der Waals surface area (Å²) in [5.41, 5.74) is 1.28. The molecule has 0 amide bonds. The van der Waals surface area contributed by atoms with E-state index in [0.29, 0.717) is 12.5 Å². The van der Waals surface area contributed by atoms with Crippen molar-refractivity contribution in [1.29, 1.82) is 0 Å². The van der Waals surface area contributed by atoms with Gasteiger partial charge in [-0.15, -0.1) is 0 Å². The summed E-state index contributed by atoms with van der Waals surface area (Å²) >= 11 is 3.53. The predicted molar refractivity (Wildman–Crippen MR) is 80.2 cm³/mol. The molecular weight excluding hydrogens is 314 g/mol. The number of nitrogens with zero attached hydrogens (tertiary/aromatic N) is 1. The first-order valence-corrected chi connectivity index (χ1v) is 9.08. The van der Waals surface area contributed by atoms with Gasteiger partial charge < -0.3 is 4.90 Å². The normalized spacial score (nSPS) is 13.8. The molecule has 18 heavy (non-hydrogen) atoms. The minimum absolute atomic E-state index is 0.216. The molecule has 0 spiro atoms. The van der Waals surface area contributed by atoms with Gasteiger partial charge in [-0.3, -0.25) is 0 Å². The molecule has 0 saturated carbocycles. The van der Waals surface area contributed by atoms with E-state index in [-0.39, 0.29) is 5.75 Å². The Morgan fingerprint density at radius 1 is 1.28 bits per heavy atom. The van der Waals surface area contributed by atoms with Crippen molar-refractivity contribution in [3.8, 4) is 0 Å². The highest BCUT2D eigenvalue weighted by Crippen LogP contribution is 2.18. The van der Waals surface area contributed by atoms with Crippen molar-refractivity contribution in [2.24, 2.45) is 0 Å². The van der Waals surface area contributed by atoms with Crippen molar-refractivity contribution < 1.29 is 8.42 Å². The zero-order valence-electron chi connectivity index (χ0n) is 10.8. The fraction of sp³-hybridized carbons (Fsp3) is 0.538. The van der Waals surface area contributed by atoms with Gasteiger partial charge >= 0.3 is 0 Å². The number of alkyl halides is 1. The summed E-state index contributed by atoms with van der Waals surface area (Å²) in [6.45, 7) is 1.43. The second-order valence-corrected chi connectivity index (χ2v) is 7.56. The summed E-state index contributed by atoms with van der Waals surface area (Å²) in [4.78, 5) is 2.07. The second-order valence-electron chi connectivity index (χ2n) is 4.65. The molecule has 1 aromatic carbocycles. The summed E-state index contributed by atoms with van der Waals surface area (Å²) in [5, 5.41) is 0.875. The monoisotopic (exact) mass is 333 g/mol. The van der Waals surface area contributed by atoms with Crippen molar-refractivity contribution in [2.75, 3.05) is 37.5 Å². The van der Waals surface area contributed by atoms with E-state index in [4.69, 9.17) is 0 Å². The highest BCUT2D eigenvalue weighted by Gasteiger charge is 2.13. The Morgan fingerprint density at radius 3 is 2.39 bits per heavy atom. The molecule has 0 radical (unpaired) electrons. The quantitative estimate of drug-likeness (QED) is 0.717. The number of benzene rings is 1. The van der Waals surface area contributed by atoms with Crippen molar-refractivity contribution in [3.05, 3.63) is 35.9 Å². The zero-order chi connectivity index (χ0) is 13.6. The van der Waals surface area contributed by atoms with Crippen LogP contribution in [-0.4, -0.2) is 50.8 Å². The van der Waals surface area contributed by atoms with Crippen LogP contribution in [0, 0.1) is 0 Å². The van der Waals surface area contributed by atoms with Gasteiger partial charge in [0.25, 0.3) is 0 Å². The first-order valence-electron chi connectivity index (χ1n) is 5.89. The van der Waals surface area contributed by atoms with Gasteiger partial charge in [0.2, 0.25) is 0 Å². The van der Waals surface area contributed by atoms with E-state index in [2.05, 4.69) is 33.0 Å². The number of hydrogen-bond donors (Lipinski definition) is 0. The minimum atomic E-state index is -2.88. The topological polar surface area (TPSA) is 37.4 Å². The van der Waals surface area contributed by atoms with E-state index >= 15 is 0 Å². The summed E-state index contributed by atoms with van der Waals surface area (Å²) in [5.74, 6) is 0.601. The second kappa shape index (κ2) is 7.26. The lowest BCUT2D eigenvalue weighted by Crippen LogP contribution is -2.30. The van der Waals surface area contributed by atoms with E-state index in [1.165, 1.54) is 11.8 Å². The average molecular weight is 334 g/mol. The zero-order valence-corrected chi connectivity index (χ0v) is 13.2. The molecule has 0 aromatic heterocycles. The van der Waals surface area contributed by atoms with Gasteiger partial charge in [0.1, 0.15) is 9.84 Å². The Hall–Kier alpha value is -0.390. The minimum Gasteiger partial charge on any atom is -0.305 e. The van der Waals surface area contributed by atoms with E-state index in [9.17, 15) is 8.42 Å². The van der Waals surface area contributed by atoms with Crippen molar-refractivity contribution in [3.63, 3.8) is 0 Å². The molecule has 5 heteroatoms. The van der Waals surface area contributed by atoms with Gasteiger partial charge in [-0.1, -0.05) is 46.3 Å². The average Bonchev–Trinajstić information content (AvgIpc) is 2.33.